The third-order valence-corrected chi connectivity index (χ3v) is 6.70. The van der Waals surface area contributed by atoms with Gasteiger partial charge in [0.05, 0.1) is 11.9 Å². The van der Waals surface area contributed by atoms with E-state index < -0.39 is 10.0 Å². The number of anilines is 3. The average Bonchev–Trinajstić information content (AvgIpc) is 3.04. The van der Waals surface area contributed by atoms with Crippen LogP contribution in [0.25, 0.3) is 0 Å². The number of sulfonamides is 1. The zero-order valence-electron chi connectivity index (χ0n) is 14.9. The minimum absolute atomic E-state index is 0.282. The highest BCUT2D eigenvalue weighted by molar-refractivity contribution is 7.94. The maximum atomic E-state index is 12.3. The molecule has 0 fully saturated rings. The molecular formula is C19H21N3O2S2. The van der Waals surface area contributed by atoms with Crippen molar-refractivity contribution in [2.45, 2.75) is 30.9 Å². The number of rotatable bonds is 6. The highest BCUT2D eigenvalue weighted by Crippen LogP contribution is 2.24. The van der Waals surface area contributed by atoms with E-state index in [1.165, 1.54) is 16.9 Å². The lowest BCUT2D eigenvalue weighted by Gasteiger charge is -2.10. The molecule has 136 valence electrons. The van der Waals surface area contributed by atoms with E-state index in [0.717, 1.165) is 16.3 Å². The summed E-state index contributed by atoms with van der Waals surface area (Å²) in [5, 5.41) is 3.26. The van der Waals surface area contributed by atoms with Crippen molar-refractivity contribution in [2.24, 2.45) is 0 Å². The van der Waals surface area contributed by atoms with Gasteiger partial charge in [-0.1, -0.05) is 26.0 Å². The van der Waals surface area contributed by atoms with Gasteiger partial charge in [-0.2, -0.15) is 0 Å². The van der Waals surface area contributed by atoms with Gasteiger partial charge in [-0.3, -0.25) is 4.72 Å². The molecule has 0 saturated heterocycles. The SMILES string of the molecule is Cc1ccc(S(=O)(=O)Nc2ccc(Nc3ccc(C(C)C)cc3)cn2)s1. The summed E-state index contributed by atoms with van der Waals surface area (Å²) in [6, 6.07) is 15.0. The quantitative estimate of drug-likeness (QED) is 0.616. The highest BCUT2D eigenvalue weighted by atomic mass is 32.2. The van der Waals surface area contributed by atoms with Gasteiger partial charge in [-0.15, -0.1) is 11.3 Å². The van der Waals surface area contributed by atoms with Gasteiger partial charge in [0.2, 0.25) is 0 Å². The number of hydrogen-bond acceptors (Lipinski definition) is 5. The number of aryl methyl sites for hydroxylation is 1. The molecule has 3 rings (SSSR count). The largest absolute Gasteiger partial charge is 0.354 e. The lowest BCUT2D eigenvalue weighted by Crippen LogP contribution is -2.12. The first-order valence-corrected chi connectivity index (χ1v) is 10.6. The molecule has 7 heteroatoms. The Morgan fingerprint density at radius 2 is 1.65 bits per heavy atom. The first kappa shape index (κ1) is 18.4. The minimum atomic E-state index is -3.59. The summed E-state index contributed by atoms with van der Waals surface area (Å²) in [6.07, 6.45) is 1.61. The summed E-state index contributed by atoms with van der Waals surface area (Å²) in [5.41, 5.74) is 3.03. The molecule has 0 amide bonds. The van der Waals surface area contributed by atoms with Crippen molar-refractivity contribution in [3.05, 3.63) is 65.2 Å². The Labute approximate surface area is 158 Å². The predicted molar refractivity (Wildman–Crippen MR) is 108 cm³/mol. The number of aromatic nitrogens is 1. The fraction of sp³-hybridized carbons (Fsp3) is 0.211. The molecule has 2 N–H and O–H groups in total. The van der Waals surface area contributed by atoms with Crippen LogP contribution in [0, 0.1) is 6.92 Å². The smallest absolute Gasteiger partial charge is 0.272 e. The Kier molecular flexibility index (Phi) is 5.29. The number of nitrogens with one attached hydrogen (secondary N) is 2. The molecule has 2 heterocycles. The molecule has 0 saturated carbocycles. The fourth-order valence-corrected chi connectivity index (χ4v) is 4.68. The number of benzene rings is 1. The van der Waals surface area contributed by atoms with E-state index >= 15 is 0 Å². The van der Waals surface area contributed by atoms with E-state index in [1.807, 2.05) is 19.1 Å². The third-order valence-electron chi connectivity index (χ3n) is 3.85. The number of thiophene rings is 1. The van der Waals surface area contributed by atoms with Gasteiger partial charge in [0.1, 0.15) is 10.0 Å². The molecule has 0 aliphatic heterocycles. The van der Waals surface area contributed by atoms with Crippen molar-refractivity contribution in [3.63, 3.8) is 0 Å². The minimum Gasteiger partial charge on any atom is -0.354 e. The Bertz CT molecular complexity index is 976. The number of hydrogen-bond donors (Lipinski definition) is 2. The van der Waals surface area contributed by atoms with E-state index in [1.54, 1.807) is 30.5 Å². The molecule has 5 nitrogen and oxygen atoms in total. The van der Waals surface area contributed by atoms with Crippen molar-refractivity contribution in [2.75, 3.05) is 10.0 Å². The van der Waals surface area contributed by atoms with Crippen LogP contribution in [0.1, 0.15) is 30.2 Å². The second kappa shape index (κ2) is 7.47. The maximum Gasteiger partial charge on any atom is 0.272 e. The zero-order valence-corrected chi connectivity index (χ0v) is 16.5. The molecule has 0 unspecified atom stereocenters. The van der Waals surface area contributed by atoms with Crippen LogP contribution in [0.2, 0.25) is 0 Å². The Hall–Kier alpha value is -2.38. The van der Waals surface area contributed by atoms with Crippen molar-refractivity contribution < 1.29 is 8.42 Å². The lowest BCUT2D eigenvalue weighted by molar-refractivity contribution is 0.603. The molecule has 1 aromatic carbocycles. The highest BCUT2D eigenvalue weighted by Gasteiger charge is 2.16. The Morgan fingerprint density at radius 3 is 2.19 bits per heavy atom. The molecular weight excluding hydrogens is 366 g/mol. The topological polar surface area (TPSA) is 71.1 Å². The maximum absolute atomic E-state index is 12.3. The van der Waals surface area contributed by atoms with Gasteiger partial charge >= 0.3 is 0 Å². The van der Waals surface area contributed by atoms with Gasteiger partial charge in [0.15, 0.2) is 0 Å². The van der Waals surface area contributed by atoms with E-state index in [0.29, 0.717) is 5.92 Å². The number of pyridine rings is 1. The lowest BCUT2D eigenvalue weighted by atomic mass is 10.0. The van der Waals surface area contributed by atoms with Crippen LogP contribution < -0.4 is 10.0 Å². The van der Waals surface area contributed by atoms with Gasteiger partial charge in [0, 0.05) is 10.6 Å². The summed E-state index contributed by atoms with van der Waals surface area (Å²) in [4.78, 5) is 5.14. The van der Waals surface area contributed by atoms with Crippen LogP contribution >= 0.6 is 11.3 Å². The van der Waals surface area contributed by atoms with Crippen LogP contribution in [0.5, 0.6) is 0 Å². The molecule has 0 atom stereocenters. The molecule has 3 aromatic rings. The van der Waals surface area contributed by atoms with Crippen LogP contribution in [0.4, 0.5) is 17.2 Å². The van der Waals surface area contributed by atoms with E-state index in [-0.39, 0.29) is 10.0 Å². The van der Waals surface area contributed by atoms with Crippen LogP contribution in [0.15, 0.2) is 58.9 Å². The standard InChI is InChI=1S/C19H21N3O2S2/c1-13(2)15-5-7-16(8-6-15)21-17-9-10-18(20-12-17)22-26(23,24)19-11-4-14(3)25-19/h4-13,21H,1-3H3,(H,20,22). The molecule has 0 bridgehead atoms. The Balaban J connectivity index is 1.68. The first-order valence-electron chi connectivity index (χ1n) is 8.26. The van der Waals surface area contributed by atoms with Crippen molar-refractivity contribution in [1.29, 1.82) is 0 Å². The fourth-order valence-electron chi connectivity index (χ4n) is 2.39. The second-order valence-electron chi connectivity index (χ2n) is 6.30. The molecule has 0 aliphatic rings. The molecule has 0 spiro atoms. The first-order chi connectivity index (χ1) is 12.3. The molecule has 0 radical (unpaired) electrons. The van der Waals surface area contributed by atoms with Crippen molar-refractivity contribution in [3.8, 4) is 0 Å². The van der Waals surface area contributed by atoms with Crippen molar-refractivity contribution >= 4 is 38.6 Å². The zero-order chi connectivity index (χ0) is 18.7. The van der Waals surface area contributed by atoms with E-state index in [2.05, 4.69) is 41.0 Å². The molecule has 0 aliphatic carbocycles. The monoisotopic (exact) mass is 387 g/mol. The van der Waals surface area contributed by atoms with E-state index in [9.17, 15) is 8.42 Å². The normalized spacial score (nSPS) is 11.5. The van der Waals surface area contributed by atoms with Crippen LogP contribution in [-0.4, -0.2) is 13.4 Å². The summed E-state index contributed by atoms with van der Waals surface area (Å²) in [7, 11) is -3.59. The van der Waals surface area contributed by atoms with Gasteiger partial charge < -0.3 is 5.32 Å². The predicted octanol–water partition coefficient (Wildman–Crippen LogP) is 5.12. The van der Waals surface area contributed by atoms with Crippen molar-refractivity contribution in [1.82, 2.24) is 4.98 Å². The number of nitrogens with zero attached hydrogens (tertiary/aromatic N) is 1. The average molecular weight is 388 g/mol. The van der Waals surface area contributed by atoms with Gasteiger partial charge in [-0.05, 0) is 54.8 Å². The second-order valence-corrected chi connectivity index (χ2v) is 9.50. The molecule has 26 heavy (non-hydrogen) atoms. The van der Waals surface area contributed by atoms with Crippen LogP contribution in [-0.2, 0) is 10.0 Å². The summed E-state index contributed by atoms with van der Waals surface area (Å²) in [5.74, 6) is 0.780. The van der Waals surface area contributed by atoms with E-state index in [4.69, 9.17) is 0 Å². The Morgan fingerprint density at radius 1 is 0.962 bits per heavy atom. The summed E-state index contributed by atoms with van der Waals surface area (Å²) in [6.45, 7) is 6.18. The van der Waals surface area contributed by atoms with Gasteiger partial charge in [0.25, 0.3) is 10.0 Å². The van der Waals surface area contributed by atoms with Crippen LogP contribution in [0.3, 0.4) is 0 Å². The molecule has 2 aromatic heterocycles. The van der Waals surface area contributed by atoms with Gasteiger partial charge in [-0.25, -0.2) is 13.4 Å². The third kappa shape index (κ3) is 4.42. The summed E-state index contributed by atoms with van der Waals surface area (Å²) < 4.78 is 27.4. The summed E-state index contributed by atoms with van der Waals surface area (Å²) >= 11 is 1.23.